The van der Waals surface area contributed by atoms with Gasteiger partial charge < -0.3 is 4.90 Å². The highest BCUT2D eigenvalue weighted by Gasteiger charge is 2.33. The number of piperidine rings is 1. The van der Waals surface area contributed by atoms with Crippen LogP contribution in [0.15, 0.2) is 48.9 Å². The first-order valence-electron chi connectivity index (χ1n) is 10.1. The van der Waals surface area contributed by atoms with Crippen molar-refractivity contribution in [2.45, 2.75) is 25.7 Å². The lowest BCUT2D eigenvalue weighted by Crippen LogP contribution is -2.42. The molecule has 4 aromatic rings. The molecule has 1 unspecified atom stereocenters. The molecule has 5 rings (SSSR count). The van der Waals surface area contributed by atoms with Crippen LogP contribution in [0.2, 0.25) is 0 Å². The van der Waals surface area contributed by atoms with Gasteiger partial charge in [-0.2, -0.15) is 10.1 Å². The number of likely N-dealkylation sites (tertiary alicyclic amines) is 1. The fourth-order valence-corrected chi connectivity index (χ4v) is 4.24. The molecule has 2 atom stereocenters. The van der Waals surface area contributed by atoms with E-state index in [4.69, 9.17) is 0 Å². The van der Waals surface area contributed by atoms with Gasteiger partial charge in [-0.25, -0.2) is 18.3 Å². The number of halogens is 2. The van der Waals surface area contributed by atoms with E-state index in [1.165, 1.54) is 16.9 Å². The number of rotatable bonds is 3. The van der Waals surface area contributed by atoms with Gasteiger partial charge in [0.1, 0.15) is 12.0 Å². The smallest absolute Gasteiger partial charge is 0.280 e. The molecule has 0 N–H and O–H groups in total. The maximum Gasteiger partial charge on any atom is 0.280 e. The van der Waals surface area contributed by atoms with Crippen LogP contribution in [0.4, 0.5) is 8.78 Å². The maximum absolute atomic E-state index is 13.4. The van der Waals surface area contributed by atoms with Crippen molar-refractivity contribution in [3.8, 4) is 0 Å². The van der Waals surface area contributed by atoms with Gasteiger partial charge in [0.05, 0.1) is 16.8 Å². The lowest BCUT2D eigenvalue weighted by molar-refractivity contribution is 0.0665. The number of fused-ring (bicyclic) bond motifs is 2. The van der Waals surface area contributed by atoms with E-state index in [1.807, 2.05) is 30.3 Å². The molecule has 1 saturated heterocycles. The molecule has 0 radical (unpaired) electrons. The van der Waals surface area contributed by atoms with E-state index in [-0.39, 0.29) is 29.2 Å². The van der Waals surface area contributed by atoms with Crippen molar-refractivity contribution in [3.05, 3.63) is 65.9 Å². The minimum Gasteiger partial charge on any atom is -0.338 e. The minimum absolute atomic E-state index is 0.117. The van der Waals surface area contributed by atoms with Crippen LogP contribution in [-0.2, 0) is 0 Å². The van der Waals surface area contributed by atoms with E-state index in [9.17, 15) is 13.6 Å². The van der Waals surface area contributed by atoms with Gasteiger partial charge in [0.2, 0.25) is 0 Å². The molecule has 0 saturated carbocycles. The predicted molar refractivity (Wildman–Crippen MR) is 110 cm³/mol. The Morgan fingerprint density at radius 1 is 1.19 bits per heavy atom. The Kier molecular flexibility index (Phi) is 4.80. The zero-order valence-corrected chi connectivity index (χ0v) is 16.8. The van der Waals surface area contributed by atoms with Crippen LogP contribution in [0.25, 0.3) is 16.7 Å². The Hall–Kier alpha value is -3.49. The lowest BCUT2D eigenvalue weighted by atomic mass is 9.84. The molecule has 4 heterocycles. The molecule has 1 fully saturated rings. The van der Waals surface area contributed by atoms with E-state index in [0.717, 1.165) is 17.3 Å². The van der Waals surface area contributed by atoms with Crippen molar-refractivity contribution in [1.82, 2.24) is 29.5 Å². The van der Waals surface area contributed by atoms with Gasteiger partial charge in [0.15, 0.2) is 0 Å². The third kappa shape index (κ3) is 3.49. The Morgan fingerprint density at radius 2 is 2.03 bits per heavy atom. The lowest BCUT2D eigenvalue weighted by Gasteiger charge is -2.37. The highest BCUT2D eigenvalue weighted by molar-refractivity contribution is 5.97. The van der Waals surface area contributed by atoms with E-state index < -0.39 is 6.43 Å². The second-order valence-electron chi connectivity index (χ2n) is 7.92. The van der Waals surface area contributed by atoms with Gasteiger partial charge in [-0.3, -0.25) is 9.78 Å². The van der Waals surface area contributed by atoms with Crippen LogP contribution in [0.5, 0.6) is 0 Å². The zero-order valence-electron chi connectivity index (χ0n) is 16.8. The molecule has 0 spiro atoms. The monoisotopic (exact) mass is 422 g/mol. The summed E-state index contributed by atoms with van der Waals surface area (Å²) in [5.41, 5.74) is 1.61. The van der Waals surface area contributed by atoms with Gasteiger partial charge in [0, 0.05) is 30.6 Å². The van der Waals surface area contributed by atoms with Crippen LogP contribution in [0, 0.1) is 5.92 Å². The number of pyridine rings is 1. The summed E-state index contributed by atoms with van der Waals surface area (Å²) in [5, 5.41) is 5.07. The summed E-state index contributed by atoms with van der Waals surface area (Å²) in [5.74, 6) is 0.0326. The van der Waals surface area contributed by atoms with Crippen LogP contribution in [0.3, 0.4) is 0 Å². The molecule has 1 amide bonds. The summed E-state index contributed by atoms with van der Waals surface area (Å²) >= 11 is 0. The molecule has 158 valence electrons. The molecule has 1 aliphatic rings. The maximum atomic E-state index is 13.4. The average molecular weight is 422 g/mol. The summed E-state index contributed by atoms with van der Waals surface area (Å²) in [4.78, 5) is 27.3. The Bertz CT molecular complexity index is 1270. The number of aromatic nitrogens is 5. The van der Waals surface area contributed by atoms with Crippen molar-refractivity contribution in [2.75, 3.05) is 13.1 Å². The number of carbonyl (C=O) groups excluding carboxylic acids is 1. The summed E-state index contributed by atoms with van der Waals surface area (Å²) < 4.78 is 28.3. The SMILES string of the molecule is C[C@@H]1CCN(C(=O)c2cnc3ccccc3c2)CC1c1cc(C(F)F)nc2ncnn12. The third-order valence-corrected chi connectivity index (χ3v) is 5.99. The van der Waals surface area contributed by atoms with E-state index >= 15 is 0 Å². The Morgan fingerprint density at radius 3 is 2.87 bits per heavy atom. The highest BCUT2D eigenvalue weighted by Crippen LogP contribution is 2.34. The van der Waals surface area contributed by atoms with Gasteiger partial charge in [-0.15, -0.1) is 0 Å². The van der Waals surface area contributed by atoms with Crippen LogP contribution in [0.1, 0.15) is 47.4 Å². The first-order chi connectivity index (χ1) is 15.0. The standard InChI is InChI=1S/C22H20F2N6O/c1-13-6-7-29(21(31)15-8-14-4-2-3-5-17(14)25-10-15)11-16(13)19-9-18(20(23)24)28-22-26-12-27-30(19)22/h2-5,8-10,12-13,16,20H,6-7,11H2,1H3/t13-,16?/m1/s1. The largest absolute Gasteiger partial charge is 0.338 e. The number of carbonyl (C=O) groups is 1. The number of hydrogen-bond donors (Lipinski definition) is 0. The van der Waals surface area contributed by atoms with Crippen LogP contribution >= 0.6 is 0 Å². The van der Waals surface area contributed by atoms with Crippen molar-refractivity contribution >= 4 is 22.6 Å². The number of para-hydroxylation sites is 1. The molecule has 1 aliphatic heterocycles. The predicted octanol–water partition coefficient (Wildman–Crippen LogP) is 3.88. The Labute approximate surface area is 176 Å². The summed E-state index contributed by atoms with van der Waals surface area (Å²) in [7, 11) is 0. The molecule has 1 aromatic carbocycles. The molecule has 31 heavy (non-hydrogen) atoms. The van der Waals surface area contributed by atoms with Crippen LogP contribution in [-0.4, -0.2) is 48.5 Å². The quantitative estimate of drug-likeness (QED) is 0.501. The number of benzene rings is 1. The van der Waals surface area contributed by atoms with Crippen LogP contribution < -0.4 is 0 Å². The third-order valence-electron chi connectivity index (χ3n) is 5.99. The number of nitrogens with zero attached hydrogens (tertiary/aromatic N) is 6. The van der Waals surface area contributed by atoms with Gasteiger partial charge in [0.25, 0.3) is 18.1 Å². The van der Waals surface area contributed by atoms with Crippen molar-refractivity contribution in [1.29, 1.82) is 0 Å². The van der Waals surface area contributed by atoms with Crippen molar-refractivity contribution < 1.29 is 13.6 Å². The van der Waals surface area contributed by atoms with Gasteiger partial charge in [-0.1, -0.05) is 25.1 Å². The number of alkyl halides is 2. The van der Waals surface area contributed by atoms with Crippen molar-refractivity contribution in [3.63, 3.8) is 0 Å². The normalized spacial score (nSPS) is 19.4. The average Bonchev–Trinajstić information content (AvgIpc) is 3.27. The molecule has 0 aliphatic carbocycles. The van der Waals surface area contributed by atoms with E-state index in [1.54, 1.807) is 11.1 Å². The second kappa shape index (κ2) is 7.64. The highest BCUT2D eigenvalue weighted by atomic mass is 19.3. The fraction of sp³-hybridized carbons (Fsp3) is 0.318. The minimum atomic E-state index is -2.71. The topological polar surface area (TPSA) is 76.3 Å². The Balaban J connectivity index is 1.48. The fourth-order valence-electron chi connectivity index (χ4n) is 4.24. The van der Waals surface area contributed by atoms with E-state index in [2.05, 4.69) is 27.0 Å². The molecule has 7 nitrogen and oxygen atoms in total. The number of amides is 1. The molecule has 9 heteroatoms. The van der Waals surface area contributed by atoms with Gasteiger partial charge >= 0.3 is 0 Å². The molecular weight excluding hydrogens is 402 g/mol. The molecular formula is C22H20F2N6O. The summed E-state index contributed by atoms with van der Waals surface area (Å²) in [6.07, 6.45) is 0.938. The van der Waals surface area contributed by atoms with Gasteiger partial charge in [-0.05, 0) is 30.5 Å². The first kappa shape index (κ1) is 19.5. The van der Waals surface area contributed by atoms with E-state index in [0.29, 0.717) is 24.3 Å². The second-order valence-corrected chi connectivity index (χ2v) is 7.92. The summed E-state index contributed by atoms with van der Waals surface area (Å²) in [6.45, 7) is 3.06. The number of hydrogen-bond acceptors (Lipinski definition) is 5. The van der Waals surface area contributed by atoms with Crippen molar-refractivity contribution in [2.24, 2.45) is 5.92 Å². The zero-order chi connectivity index (χ0) is 21.5. The molecule has 3 aromatic heterocycles. The first-order valence-corrected chi connectivity index (χ1v) is 10.1. The molecule has 0 bridgehead atoms. The summed E-state index contributed by atoms with van der Waals surface area (Å²) in [6, 6.07) is 10.9.